The molecule has 8 rings (SSSR count). The first kappa shape index (κ1) is 41.9. The van der Waals surface area contributed by atoms with Gasteiger partial charge in [-0.05, 0) is 88.5 Å². The van der Waals surface area contributed by atoms with E-state index in [9.17, 15) is 22.8 Å². The van der Waals surface area contributed by atoms with Crippen molar-refractivity contribution in [3.63, 3.8) is 0 Å². The van der Waals surface area contributed by atoms with Crippen LogP contribution >= 0.6 is 11.3 Å². The zero-order valence-corrected chi connectivity index (χ0v) is 36.7. The molecule has 318 valence electrons. The molecule has 3 fully saturated rings. The molecule has 2 amide bonds. The highest BCUT2D eigenvalue weighted by atomic mass is 32.2. The van der Waals surface area contributed by atoms with Crippen LogP contribution in [0.15, 0.2) is 66.1 Å². The van der Waals surface area contributed by atoms with E-state index in [1.54, 1.807) is 18.9 Å². The average Bonchev–Trinajstić information content (AvgIpc) is 4.00. The second kappa shape index (κ2) is 16.6. The Labute approximate surface area is 356 Å². The van der Waals surface area contributed by atoms with Gasteiger partial charge in [-0.15, -0.1) is 11.3 Å². The van der Waals surface area contributed by atoms with Crippen molar-refractivity contribution in [3.8, 4) is 22.2 Å². The predicted molar refractivity (Wildman–Crippen MR) is 234 cm³/mol. The number of para-hydroxylation sites is 1. The van der Waals surface area contributed by atoms with Crippen molar-refractivity contribution in [3.05, 3.63) is 77.3 Å². The number of anilines is 1. The molecule has 4 aromatic rings. The number of sulfonamides is 1. The Morgan fingerprint density at radius 2 is 1.82 bits per heavy atom. The molecule has 14 heteroatoms. The van der Waals surface area contributed by atoms with Crippen LogP contribution in [-0.4, -0.2) is 77.5 Å². The minimum atomic E-state index is -3.93. The second-order valence-corrected chi connectivity index (χ2v) is 20.7. The first-order valence-corrected chi connectivity index (χ1v) is 23.6. The zero-order chi connectivity index (χ0) is 42.4. The second-order valence-electron chi connectivity index (χ2n) is 17.6. The maximum absolute atomic E-state index is 14.9. The van der Waals surface area contributed by atoms with Gasteiger partial charge in [0.25, 0.3) is 0 Å². The number of nitrogens with zero attached hydrogens (tertiary/aromatic N) is 3. The molecule has 2 aromatic heterocycles. The van der Waals surface area contributed by atoms with Crippen LogP contribution in [0.5, 0.6) is 11.5 Å². The number of aromatic nitrogens is 2. The summed E-state index contributed by atoms with van der Waals surface area (Å²) < 4.78 is 40.6. The van der Waals surface area contributed by atoms with Gasteiger partial charge in [0.15, 0.2) is 5.78 Å². The van der Waals surface area contributed by atoms with Crippen LogP contribution in [0.1, 0.15) is 102 Å². The van der Waals surface area contributed by atoms with Crippen molar-refractivity contribution < 1.29 is 32.3 Å². The fourth-order valence-electron chi connectivity index (χ4n) is 8.68. The minimum Gasteiger partial charge on any atom is -0.496 e. The highest BCUT2D eigenvalue weighted by Gasteiger charge is 2.62. The smallest absolute Gasteiger partial charge is 0.245 e. The van der Waals surface area contributed by atoms with Crippen LogP contribution in [0, 0.1) is 18.3 Å². The number of benzene rings is 2. The van der Waals surface area contributed by atoms with Gasteiger partial charge < -0.3 is 19.7 Å². The molecule has 0 radical (unpaired) electrons. The number of carbonyl (C=O) groups is 3. The van der Waals surface area contributed by atoms with Gasteiger partial charge in [-0.3, -0.25) is 19.1 Å². The number of nitrogens with one attached hydrogen (secondary N) is 2. The Morgan fingerprint density at radius 1 is 1.03 bits per heavy atom. The molecule has 0 bridgehead atoms. The molecular weight excluding hydrogens is 799 g/mol. The number of rotatable bonds is 10. The third-order valence-corrected chi connectivity index (χ3v) is 16.0. The zero-order valence-electron chi connectivity index (χ0n) is 35.0. The minimum absolute atomic E-state index is 0.139. The van der Waals surface area contributed by atoms with Crippen LogP contribution < -0.4 is 19.5 Å². The van der Waals surface area contributed by atoms with Gasteiger partial charge in [0.2, 0.25) is 21.8 Å². The maximum atomic E-state index is 14.9. The van der Waals surface area contributed by atoms with Crippen LogP contribution in [0.3, 0.4) is 0 Å². The van der Waals surface area contributed by atoms with Gasteiger partial charge in [-0.1, -0.05) is 57.0 Å². The molecule has 1 saturated heterocycles. The number of fused-ring (bicyclic) bond motifs is 3. The van der Waals surface area contributed by atoms with E-state index in [4.69, 9.17) is 19.4 Å². The Hall–Kier alpha value is -4.82. The summed E-state index contributed by atoms with van der Waals surface area (Å²) in [5.41, 5.74) is 2.74. The van der Waals surface area contributed by atoms with E-state index >= 15 is 0 Å². The van der Waals surface area contributed by atoms with Gasteiger partial charge in [0.05, 0.1) is 41.1 Å². The number of ketones is 1. The molecule has 2 aliphatic carbocycles. The van der Waals surface area contributed by atoms with Crippen LogP contribution in [0.25, 0.3) is 21.6 Å². The SMILES string of the molecule is COc1ccc2c(O[C@@H]3C[C@H]4C(=O)C[C@]5(C(=O)NS(=O)(=O)C6(C)CC6)C[C@H]5/C=C\CCCCC[C@H](Nc5ccccc5)C(=O)N4C3)cc(-c3nc(C(C)C)cs3)nc2c1C. The van der Waals surface area contributed by atoms with Crippen LogP contribution in [-0.2, 0) is 24.4 Å². The standard InChI is InChI=1S/C46H55N5O7S2/c1-28(2)36-27-59-42(49-36)35-23-40(33-18-19-39(57-5)29(3)41(33)48-35)58-32-22-37-38(52)25-46(44(54)50-60(55,56)45(4)20-21-45)24-30(46)14-10-7-6-8-13-17-34(43(53)51(37)26-32)47-31-15-11-9-12-16-31/h9-12,14-16,18-19,23,27-28,30,32,34,37,47H,6-8,13,17,20-22,24-26H2,1-5H3,(H,50,54)/b14-10-/t30-,32-,34+,37+,46-/m1/s1. The van der Waals surface area contributed by atoms with Crippen molar-refractivity contribution in [2.45, 2.75) is 121 Å². The monoisotopic (exact) mass is 853 g/mol. The highest BCUT2D eigenvalue weighted by Crippen LogP contribution is 2.57. The normalized spacial score (nSPS) is 26.1. The summed E-state index contributed by atoms with van der Waals surface area (Å²) in [6, 6.07) is 13.8. The van der Waals surface area contributed by atoms with E-state index in [1.807, 2.05) is 66.9 Å². The average molecular weight is 854 g/mol. The number of carbonyl (C=O) groups excluding carboxylic acids is 3. The quantitative estimate of drug-likeness (QED) is 0.149. The van der Waals surface area contributed by atoms with E-state index in [0.29, 0.717) is 48.4 Å². The topological polar surface area (TPSA) is 157 Å². The molecule has 12 nitrogen and oxygen atoms in total. The van der Waals surface area contributed by atoms with Crippen molar-refractivity contribution in [1.82, 2.24) is 19.6 Å². The number of thiazole rings is 1. The summed E-state index contributed by atoms with van der Waals surface area (Å²) in [5, 5.41) is 7.02. The molecule has 2 saturated carbocycles. The van der Waals surface area contributed by atoms with E-state index in [2.05, 4.69) is 30.0 Å². The Bertz CT molecular complexity index is 2430. The lowest BCUT2D eigenvalue weighted by Gasteiger charge is -2.30. The Morgan fingerprint density at radius 3 is 2.53 bits per heavy atom. The van der Waals surface area contributed by atoms with Crippen LogP contribution in [0.4, 0.5) is 5.69 Å². The summed E-state index contributed by atoms with van der Waals surface area (Å²) in [6.45, 7) is 7.93. The summed E-state index contributed by atoms with van der Waals surface area (Å²) in [7, 11) is -2.31. The molecule has 2 aromatic carbocycles. The Kier molecular flexibility index (Phi) is 11.6. The number of hydrogen-bond donors (Lipinski definition) is 2. The third kappa shape index (κ3) is 8.29. The Balaban J connectivity index is 1.15. The van der Waals surface area contributed by atoms with Crippen LogP contribution in [0.2, 0.25) is 0 Å². The first-order chi connectivity index (χ1) is 28.7. The molecule has 2 N–H and O–H groups in total. The molecule has 2 aliphatic heterocycles. The number of amides is 2. The number of hydrogen-bond acceptors (Lipinski definition) is 11. The molecule has 4 aliphatic rings. The molecule has 60 heavy (non-hydrogen) atoms. The number of Topliss-reactive ketones (excluding diaryl/α,β-unsaturated/α-hetero) is 1. The van der Waals surface area contributed by atoms with Gasteiger partial charge >= 0.3 is 0 Å². The molecule has 4 heterocycles. The fraction of sp³-hybridized carbons (Fsp3) is 0.500. The molecule has 0 spiro atoms. The summed E-state index contributed by atoms with van der Waals surface area (Å²) in [4.78, 5) is 55.4. The summed E-state index contributed by atoms with van der Waals surface area (Å²) >= 11 is 1.51. The summed E-state index contributed by atoms with van der Waals surface area (Å²) in [6.07, 6.45) is 8.71. The van der Waals surface area contributed by atoms with Crippen molar-refractivity contribution >= 4 is 55.5 Å². The predicted octanol–water partition coefficient (Wildman–Crippen LogP) is 8.11. The summed E-state index contributed by atoms with van der Waals surface area (Å²) in [5.74, 6) is 0.0545. The van der Waals surface area contributed by atoms with Crippen molar-refractivity contribution in [2.75, 3.05) is 19.0 Å². The molecular formula is C46H55N5O7S2. The number of aryl methyl sites for hydroxylation is 1. The van der Waals surface area contributed by atoms with E-state index in [0.717, 1.165) is 53.0 Å². The molecule has 0 unspecified atom stereocenters. The lowest BCUT2D eigenvalue weighted by Crippen LogP contribution is -2.49. The largest absolute Gasteiger partial charge is 0.496 e. The lowest BCUT2D eigenvalue weighted by atomic mass is 9.91. The van der Waals surface area contributed by atoms with E-state index in [-0.39, 0.29) is 42.9 Å². The number of methoxy groups -OCH3 is 1. The van der Waals surface area contributed by atoms with E-state index in [1.165, 1.54) is 11.3 Å². The van der Waals surface area contributed by atoms with E-state index < -0.39 is 44.3 Å². The van der Waals surface area contributed by atoms with Gasteiger partial charge in [-0.25, -0.2) is 18.4 Å². The van der Waals surface area contributed by atoms with Crippen molar-refractivity contribution in [1.29, 1.82) is 0 Å². The number of pyridine rings is 1. The molecule has 5 atom stereocenters. The van der Waals surface area contributed by atoms with Gasteiger partial charge in [0.1, 0.15) is 34.3 Å². The van der Waals surface area contributed by atoms with Crippen molar-refractivity contribution in [2.24, 2.45) is 11.3 Å². The fourth-order valence-corrected chi connectivity index (χ4v) is 11.0. The maximum Gasteiger partial charge on any atom is 0.245 e. The first-order valence-electron chi connectivity index (χ1n) is 21.2. The van der Waals surface area contributed by atoms with Gasteiger partial charge in [-0.2, -0.15) is 0 Å². The number of ether oxygens (including phenoxy) is 2. The lowest BCUT2D eigenvalue weighted by molar-refractivity contribution is -0.139. The van der Waals surface area contributed by atoms with Gasteiger partial charge in [0, 0.05) is 40.9 Å². The highest BCUT2D eigenvalue weighted by molar-refractivity contribution is 7.91. The number of allylic oxidation sites excluding steroid dienone is 2. The third-order valence-electron chi connectivity index (χ3n) is 13.0.